The number of nitrogens with two attached hydrogens (primary N) is 1. The van der Waals surface area contributed by atoms with Gasteiger partial charge in [-0.05, 0) is 13.0 Å². The molecule has 5 nitrogen and oxygen atoms in total. The van der Waals surface area contributed by atoms with Crippen molar-refractivity contribution < 1.29 is 9.47 Å². The standard InChI is InChI=1S/C12H21N3O2/c1-3-17-12-6-4-5-11(14-12)15(8-7-13)9-10-16-2/h4-6H,3,7-10,13H2,1-2H3. The second-order valence-electron chi connectivity index (χ2n) is 3.54. The van der Waals surface area contributed by atoms with Crippen LogP contribution in [0.5, 0.6) is 5.88 Å². The summed E-state index contributed by atoms with van der Waals surface area (Å²) in [4.78, 5) is 6.52. The molecule has 0 aliphatic heterocycles. The predicted molar refractivity (Wildman–Crippen MR) is 68.5 cm³/mol. The molecule has 0 unspecified atom stereocenters. The first kappa shape index (κ1) is 13.7. The van der Waals surface area contributed by atoms with Gasteiger partial charge in [0.15, 0.2) is 0 Å². The second-order valence-corrected chi connectivity index (χ2v) is 3.54. The number of methoxy groups -OCH3 is 1. The van der Waals surface area contributed by atoms with Crippen LogP contribution in [-0.2, 0) is 4.74 Å². The highest BCUT2D eigenvalue weighted by molar-refractivity contribution is 5.40. The van der Waals surface area contributed by atoms with Gasteiger partial charge < -0.3 is 20.1 Å². The van der Waals surface area contributed by atoms with E-state index in [0.717, 1.165) is 18.9 Å². The van der Waals surface area contributed by atoms with Crippen molar-refractivity contribution in [3.05, 3.63) is 18.2 Å². The van der Waals surface area contributed by atoms with Crippen LogP contribution in [0.15, 0.2) is 18.2 Å². The summed E-state index contributed by atoms with van der Waals surface area (Å²) in [5, 5.41) is 0. The van der Waals surface area contributed by atoms with Gasteiger partial charge in [-0.1, -0.05) is 6.07 Å². The molecule has 0 saturated heterocycles. The van der Waals surface area contributed by atoms with Crippen LogP contribution in [0.25, 0.3) is 0 Å². The summed E-state index contributed by atoms with van der Waals surface area (Å²) < 4.78 is 10.5. The third-order valence-corrected chi connectivity index (χ3v) is 2.29. The molecule has 0 fully saturated rings. The van der Waals surface area contributed by atoms with E-state index in [1.165, 1.54) is 0 Å². The minimum atomic E-state index is 0.588. The molecule has 0 aromatic carbocycles. The van der Waals surface area contributed by atoms with Crippen molar-refractivity contribution >= 4 is 5.82 Å². The van der Waals surface area contributed by atoms with Crippen LogP contribution in [0.1, 0.15) is 6.92 Å². The molecule has 0 saturated carbocycles. The highest BCUT2D eigenvalue weighted by atomic mass is 16.5. The van der Waals surface area contributed by atoms with Crippen LogP contribution in [0.4, 0.5) is 5.82 Å². The Balaban J connectivity index is 2.73. The molecule has 2 N–H and O–H groups in total. The summed E-state index contributed by atoms with van der Waals surface area (Å²) in [5.41, 5.74) is 5.59. The lowest BCUT2D eigenvalue weighted by molar-refractivity contribution is 0.205. The first-order valence-corrected chi connectivity index (χ1v) is 5.85. The maximum atomic E-state index is 5.59. The normalized spacial score (nSPS) is 10.3. The first-order chi connectivity index (χ1) is 8.31. The number of nitrogens with zero attached hydrogens (tertiary/aromatic N) is 2. The van der Waals surface area contributed by atoms with E-state index < -0.39 is 0 Å². The van der Waals surface area contributed by atoms with Gasteiger partial charge in [0, 0.05) is 32.8 Å². The Morgan fingerprint density at radius 1 is 1.35 bits per heavy atom. The van der Waals surface area contributed by atoms with Crippen molar-refractivity contribution in [2.75, 3.05) is 44.9 Å². The maximum Gasteiger partial charge on any atom is 0.215 e. The molecule has 5 heteroatoms. The zero-order valence-electron chi connectivity index (χ0n) is 10.6. The van der Waals surface area contributed by atoms with Crippen LogP contribution < -0.4 is 15.4 Å². The van der Waals surface area contributed by atoms with Gasteiger partial charge in [-0.2, -0.15) is 4.98 Å². The number of hydrogen-bond acceptors (Lipinski definition) is 5. The summed E-state index contributed by atoms with van der Waals surface area (Å²) in [5.74, 6) is 1.52. The Morgan fingerprint density at radius 3 is 2.82 bits per heavy atom. The molecule has 1 rings (SSSR count). The van der Waals surface area contributed by atoms with E-state index in [2.05, 4.69) is 9.88 Å². The van der Waals surface area contributed by atoms with E-state index in [-0.39, 0.29) is 0 Å². The van der Waals surface area contributed by atoms with Gasteiger partial charge in [0.25, 0.3) is 0 Å². The molecular formula is C12H21N3O2. The van der Waals surface area contributed by atoms with Crippen LogP contribution in [0.3, 0.4) is 0 Å². The van der Waals surface area contributed by atoms with Crippen molar-refractivity contribution in [3.63, 3.8) is 0 Å². The van der Waals surface area contributed by atoms with Gasteiger partial charge in [-0.25, -0.2) is 0 Å². The molecule has 0 aliphatic carbocycles. The van der Waals surface area contributed by atoms with Gasteiger partial charge in [-0.15, -0.1) is 0 Å². The third kappa shape index (κ3) is 4.58. The van der Waals surface area contributed by atoms with E-state index in [1.807, 2.05) is 25.1 Å². The average molecular weight is 239 g/mol. The Morgan fingerprint density at radius 2 is 2.18 bits per heavy atom. The molecule has 17 heavy (non-hydrogen) atoms. The SMILES string of the molecule is CCOc1cccc(N(CCN)CCOC)n1. The van der Waals surface area contributed by atoms with Crippen molar-refractivity contribution in [1.29, 1.82) is 0 Å². The molecule has 1 aromatic heterocycles. The van der Waals surface area contributed by atoms with Gasteiger partial charge >= 0.3 is 0 Å². The lowest BCUT2D eigenvalue weighted by atomic mass is 10.4. The minimum absolute atomic E-state index is 0.588. The fraction of sp³-hybridized carbons (Fsp3) is 0.583. The maximum absolute atomic E-state index is 5.59. The fourth-order valence-corrected chi connectivity index (χ4v) is 1.51. The molecule has 0 aliphatic rings. The Kier molecular flexibility index (Phi) is 6.35. The van der Waals surface area contributed by atoms with E-state index in [0.29, 0.717) is 25.6 Å². The summed E-state index contributed by atoms with van der Waals surface area (Å²) in [6.07, 6.45) is 0. The van der Waals surface area contributed by atoms with Gasteiger partial charge in [0.05, 0.1) is 13.2 Å². The van der Waals surface area contributed by atoms with Crippen molar-refractivity contribution in [2.24, 2.45) is 5.73 Å². The third-order valence-electron chi connectivity index (χ3n) is 2.29. The smallest absolute Gasteiger partial charge is 0.215 e. The Labute approximate surface area is 103 Å². The zero-order chi connectivity index (χ0) is 12.5. The number of rotatable bonds is 8. The lowest BCUT2D eigenvalue weighted by Gasteiger charge is -2.22. The van der Waals surface area contributed by atoms with Crippen LogP contribution >= 0.6 is 0 Å². The van der Waals surface area contributed by atoms with E-state index >= 15 is 0 Å². The monoisotopic (exact) mass is 239 g/mol. The van der Waals surface area contributed by atoms with Gasteiger partial charge in [0.1, 0.15) is 5.82 Å². The number of pyridine rings is 1. The highest BCUT2D eigenvalue weighted by Gasteiger charge is 2.07. The Bertz CT molecular complexity index is 320. The number of aromatic nitrogens is 1. The summed E-state index contributed by atoms with van der Waals surface area (Å²) in [6.45, 7) is 5.33. The molecule has 1 heterocycles. The predicted octanol–water partition coefficient (Wildman–Crippen LogP) is 0.892. The number of anilines is 1. The highest BCUT2D eigenvalue weighted by Crippen LogP contribution is 2.15. The summed E-state index contributed by atoms with van der Waals surface area (Å²) in [7, 11) is 1.69. The molecule has 0 amide bonds. The lowest BCUT2D eigenvalue weighted by Crippen LogP contribution is -2.33. The summed E-state index contributed by atoms with van der Waals surface area (Å²) >= 11 is 0. The summed E-state index contributed by atoms with van der Waals surface area (Å²) in [6, 6.07) is 5.74. The van der Waals surface area contributed by atoms with E-state index in [4.69, 9.17) is 15.2 Å². The van der Waals surface area contributed by atoms with Gasteiger partial charge in [-0.3, -0.25) is 0 Å². The minimum Gasteiger partial charge on any atom is -0.478 e. The zero-order valence-corrected chi connectivity index (χ0v) is 10.6. The molecular weight excluding hydrogens is 218 g/mol. The fourth-order valence-electron chi connectivity index (χ4n) is 1.51. The molecule has 0 atom stereocenters. The first-order valence-electron chi connectivity index (χ1n) is 5.85. The van der Waals surface area contributed by atoms with Crippen molar-refractivity contribution in [2.45, 2.75) is 6.92 Å². The molecule has 96 valence electrons. The topological polar surface area (TPSA) is 60.6 Å². The van der Waals surface area contributed by atoms with E-state index in [1.54, 1.807) is 7.11 Å². The largest absolute Gasteiger partial charge is 0.478 e. The quantitative estimate of drug-likeness (QED) is 0.730. The molecule has 0 bridgehead atoms. The van der Waals surface area contributed by atoms with Crippen LogP contribution in [0.2, 0.25) is 0 Å². The molecule has 0 spiro atoms. The second kappa shape index (κ2) is 7.86. The van der Waals surface area contributed by atoms with Crippen molar-refractivity contribution in [3.8, 4) is 5.88 Å². The Hall–Kier alpha value is -1.33. The number of ether oxygens (including phenoxy) is 2. The van der Waals surface area contributed by atoms with E-state index in [9.17, 15) is 0 Å². The van der Waals surface area contributed by atoms with Crippen molar-refractivity contribution in [1.82, 2.24) is 4.98 Å². The van der Waals surface area contributed by atoms with Crippen LogP contribution in [0, 0.1) is 0 Å². The average Bonchev–Trinajstić information content (AvgIpc) is 2.35. The number of hydrogen-bond donors (Lipinski definition) is 1. The van der Waals surface area contributed by atoms with Gasteiger partial charge in [0.2, 0.25) is 5.88 Å². The molecule has 1 aromatic rings. The molecule has 0 radical (unpaired) electrons. The van der Waals surface area contributed by atoms with Crippen LogP contribution in [-0.4, -0.2) is 44.9 Å².